The second kappa shape index (κ2) is 7.66. The van der Waals surface area contributed by atoms with Crippen LogP contribution in [0.4, 0.5) is 0 Å². The molecule has 2 heteroatoms. The van der Waals surface area contributed by atoms with Crippen molar-refractivity contribution in [2.45, 2.75) is 39.7 Å². The fourth-order valence-electron chi connectivity index (χ4n) is 0.866. The SMILES string of the molecule is CCB(CC)CC.[Li]. The minimum atomic E-state index is 0. The molecule has 0 fully saturated rings. The summed E-state index contributed by atoms with van der Waals surface area (Å²) in [5.41, 5.74) is 0. The van der Waals surface area contributed by atoms with Crippen molar-refractivity contribution in [2.24, 2.45) is 0 Å². The maximum absolute atomic E-state index is 2.26. The van der Waals surface area contributed by atoms with Crippen molar-refractivity contribution >= 4 is 25.6 Å². The van der Waals surface area contributed by atoms with Crippen molar-refractivity contribution in [3.63, 3.8) is 0 Å². The molecule has 0 spiro atoms. The van der Waals surface area contributed by atoms with E-state index in [-0.39, 0.29) is 18.9 Å². The molecule has 0 aliphatic heterocycles. The smallest absolute Gasteiger partial charge is 0.0770 e. The van der Waals surface area contributed by atoms with E-state index >= 15 is 0 Å². The average Bonchev–Trinajstić information content (AvgIpc) is 1.72. The molecule has 1 radical (unpaired) electrons. The van der Waals surface area contributed by atoms with Crippen LogP contribution in [0.2, 0.25) is 19.0 Å². The van der Waals surface area contributed by atoms with Crippen LogP contribution in [-0.4, -0.2) is 25.6 Å². The van der Waals surface area contributed by atoms with Gasteiger partial charge >= 0.3 is 0 Å². The Kier molecular flexibility index (Phi) is 11.0. The van der Waals surface area contributed by atoms with Crippen molar-refractivity contribution in [3.05, 3.63) is 0 Å². The van der Waals surface area contributed by atoms with E-state index < -0.39 is 0 Å². The number of rotatable bonds is 3. The summed E-state index contributed by atoms with van der Waals surface area (Å²) in [6.45, 7) is 7.77. The van der Waals surface area contributed by atoms with Gasteiger partial charge in [0, 0.05) is 18.9 Å². The summed E-state index contributed by atoms with van der Waals surface area (Å²) in [6, 6.07) is 0. The molecule has 0 aliphatic carbocycles. The Balaban J connectivity index is 0. The van der Waals surface area contributed by atoms with E-state index in [1.165, 1.54) is 19.0 Å². The normalized spacial score (nSPS) is 7.88. The Morgan fingerprint density at radius 2 is 1.12 bits per heavy atom. The predicted octanol–water partition coefficient (Wildman–Crippen LogP) is 2.16. The summed E-state index contributed by atoms with van der Waals surface area (Å²) in [6.07, 6.45) is 4.06. The molecule has 0 atom stereocenters. The van der Waals surface area contributed by atoms with Gasteiger partial charge in [0.1, 0.15) is 6.71 Å². The molecule has 0 aromatic carbocycles. The first kappa shape index (κ1) is 11.5. The van der Waals surface area contributed by atoms with E-state index in [4.69, 9.17) is 0 Å². The van der Waals surface area contributed by atoms with Crippen LogP contribution >= 0.6 is 0 Å². The molecular weight excluding hydrogens is 89.8 g/mol. The zero-order valence-electron chi connectivity index (χ0n) is 6.70. The summed E-state index contributed by atoms with van der Waals surface area (Å²) >= 11 is 0. The minimum absolute atomic E-state index is 0. The summed E-state index contributed by atoms with van der Waals surface area (Å²) < 4.78 is 0. The van der Waals surface area contributed by atoms with Crippen LogP contribution in [0.25, 0.3) is 0 Å². The Hall–Kier alpha value is 0.662. The molecule has 0 unspecified atom stereocenters. The van der Waals surface area contributed by atoms with Crippen molar-refractivity contribution in [3.8, 4) is 0 Å². The molecule has 0 saturated carbocycles. The van der Waals surface area contributed by atoms with Crippen LogP contribution in [0.15, 0.2) is 0 Å². The van der Waals surface area contributed by atoms with E-state index in [2.05, 4.69) is 20.8 Å². The Labute approximate surface area is 65.7 Å². The summed E-state index contributed by atoms with van der Waals surface area (Å²) in [4.78, 5) is 0. The quantitative estimate of drug-likeness (QED) is 0.482. The van der Waals surface area contributed by atoms with Gasteiger partial charge in [0.2, 0.25) is 0 Å². The van der Waals surface area contributed by atoms with Gasteiger partial charge in [-0.25, -0.2) is 0 Å². The fraction of sp³-hybridized carbons (Fsp3) is 1.00. The van der Waals surface area contributed by atoms with E-state index in [1.54, 1.807) is 0 Å². The topological polar surface area (TPSA) is 0 Å². The molecule has 0 rings (SSSR count). The fourth-order valence-corrected chi connectivity index (χ4v) is 0.866. The van der Waals surface area contributed by atoms with Crippen LogP contribution in [0.1, 0.15) is 20.8 Å². The first-order valence-corrected chi connectivity index (χ1v) is 3.35. The van der Waals surface area contributed by atoms with E-state index in [9.17, 15) is 0 Å². The van der Waals surface area contributed by atoms with Crippen LogP contribution in [-0.2, 0) is 0 Å². The van der Waals surface area contributed by atoms with Crippen molar-refractivity contribution < 1.29 is 0 Å². The standard InChI is InChI=1S/C6H15B.Li/c1-4-7(5-2)6-3;/h4-6H2,1-3H3;. The molecule has 0 aromatic heterocycles. The summed E-state index contributed by atoms with van der Waals surface area (Å²) in [5, 5.41) is 0. The zero-order chi connectivity index (χ0) is 5.70. The number of hydrogen-bond acceptors (Lipinski definition) is 0. The molecule has 8 heavy (non-hydrogen) atoms. The Bertz CT molecular complexity index is 30.0. The van der Waals surface area contributed by atoms with Gasteiger partial charge < -0.3 is 0 Å². The van der Waals surface area contributed by atoms with Crippen LogP contribution < -0.4 is 0 Å². The first-order chi connectivity index (χ1) is 3.35. The van der Waals surface area contributed by atoms with Gasteiger partial charge in [-0.05, 0) is 0 Å². The van der Waals surface area contributed by atoms with Gasteiger partial charge in [0.05, 0.1) is 0 Å². The average molecular weight is 105 g/mol. The molecule has 0 saturated heterocycles. The molecule has 0 aromatic rings. The monoisotopic (exact) mass is 105 g/mol. The van der Waals surface area contributed by atoms with Gasteiger partial charge in [-0.1, -0.05) is 39.7 Å². The van der Waals surface area contributed by atoms with Crippen molar-refractivity contribution in [1.29, 1.82) is 0 Å². The predicted molar refractivity (Wildman–Crippen MR) is 43.0 cm³/mol. The second-order valence-corrected chi connectivity index (χ2v) is 2.09. The zero-order valence-corrected chi connectivity index (χ0v) is 6.70. The van der Waals surface area contributed by atoms with Gasteiger partial charge in [0.25, 0.3) is 0 Å². The second-order valence-electron chi connectivity index (χ2n) is 2.09. The van der Waals surface area contributed by atoms with Crippen LogP contribution in [0, 0.1) is 0 Å². The first-order valence-electron chi connectivity index (χ1n) is 3.35. The molecule has 43 valence electrons. The molecule has 0 amide bonds. The molecular formula is C6H15BLi. The third kappa shape index (κ3) is 4.81. The molecule has 0 heterocycles. The molecule has 0 N–H and O–H groups in total. The third-order valence-electron chi connectivity index (χ3n) is 1.73. The van der Waals surface area contributed by atoms with E-state index in [1.807, 2.05) is 0 Å². The van der Waals surface area contributed by atoms with Crippen LogP contribution in [0.5, 0.6) is 0 Å². The van der Waals surface area contributed by atoms with Gasteiger partial charge in [-0.15, -0.1) is 0 Å². The van der Waals surface area contributed by atoms with Crippen molar-refractivity contribution in [2.75, 3.05) is 0 Å². The van der Waals surface area contributed by atoms with E-state index in [0.717, 1.165) is 6.71 Å². The maximum Gasteiger partial charge on any atom is 0.139 e. The molecule has 0 aliphatic rings. The largest absolute Gasteiger partial charge is 0.139 e. The Morgan fingerprint density at radius 1 is 0.875 bits per heavy atom. The van der Waals surface area contributed by atoms with Gasteiger partial charge in [-0.3, -0.25) is 0 Å². The summed E-state index contributed by atoms with van der Waals surface area (Å²) in [7, 11) is 0. The minimum Gasteiger partial charge on any atom is -0.0770 e. The molecule has 0 bridgehead atoms. The maximum atomic E-state index is 2.26. The molecule has 0 nitrogen and oxygen atoms in total. The van der Waals surface area contributed by atoms with Crippen LogP contribution in [0.3, 0.4) is 0 Å². The third-order valence-corrected chi connectivity index (χ3v) is 1.73. The summed E-state index contributed by atoms with van der Waals surface area (Å²) in [5.74, 6) is 0. The van der Waals surface area contributed by atoms with Gasteiger partial charge in [0.15, 0.2) is 0 Å². The van der Waals surface area contributed by atoms with Crippen molar-refractivity contribution in [1.82, 2.24) is 0 Å². The Morgan fingerprint density at radius 3 is 1.12 bits per heavy atom. The van der Waals surface area contributed by atoms with Gasteiger partial charge in [-0.2, -0.15) is 0 Å². The van der Waals surface area contributed by atoms with E-state index in [0.29, 0.717) is 0 Å². The number of hydrogen-bond donors (Lipinski definition) is 0.